The molecule has 1 aliphatic heterocycles. The standard InChI is InChI=1S/C18H25NO2/c20-18(21)9-8-14-10-11-19(12-14)13-16-6-3-5-15-4-1-2-7-17(15)16/h1-2,4,7,14,16H,3,5-6,8-13H2,(H,20,21). The van der Waals surface area contributed by atoms with Gasteiger partial charge in [-0.15, -0.1) is 0 Å². The van der Waals surface area contributed by atoms with Crippen molar-refractivity contribution in [2.45, 2.75) is 44.4 Å². The number of carbonyl (C=O) groups is 1. The van der Waals surface area contributed by atoms with E-state index in [9.17, 15) is 4.79 Å². The van der Waals surface area contributed by atoms with E-state index in [1.807, 2.05) is 0 Å². The van der Waals surface area contributed by atoms with Gasteiger partial charge < -0.3 is 10.0 Å². The molecule has 0 aromatic heterocycles. The third-order valence-corrected chi connectivity index (χ3v) is 5.11. The number of likely N-dealkylation sites (tertiary alicyclic amines) is 1. The van der Waals surface area contributed by atoms with Crippen molar-refractivity contribution in [2.24, 2.45) is 5.92 Å². The van der Waals surface area contributed by atoms with Gasteiger partial charge in [-0.25, -0.2) is 0 Å². The van der Waals surface area contributed by atoms with Gasteiger partial charge in [0.25, 0.3) is 0 Å². The van der Waals surface area contributed by atoms with Crippen molar-refractivity contribution >= 4 is 5.97 Å². The highest BCUT2D eigenvalue weighted by Crippen LogP contribution is 2.33. The monoisotopic (exact) mass is 287 g/mol. The second-order valence-electron chi connectivity index (χ2n) is 6.63. The van der Waals surface area contributed by atoms with Gasteiger partial charge in [0.05, 0.1) is 0 Å². The molecule has 0 bridgehead atoms. The quantitative estimate of drug-likeness (QED) is 0.903. The Morgan fingerprint density at radius 3 is 3.00 bits per heavy atom. The molecule has 1 aromatic rings. The molecule has 1 fully saturated rings. The Hall–Kier alpha value is -1.35. The molecule has 3 rings (SSSR count). The number of nitrogens with zero attached hydrogens (tertiary/aromatic N) is 1. The Labute approximate surface area is 127 Å². The van der Waals surface area contributed by atoms with Gasteiger partial charge >= 0.3 is 5.97 Å². The van der Waals surface area contributed by atoms with Gasteiger partial charge in [0.1, 0.15) is 0 Å². The van der Waals surface area contributed by atoms with Crippen LogP contribution in [0.3, 0.4) is 0 Å². The minimum Gasteiger partial charge on any atom is -0.481 e. The maximum atomic E-state index is 10.7. The van der Waals surface area contributed by atoms with E-state index >= 15 is 0 Å². The Balaban J connectivity index is 1.55. The van der Waals surface area contributed by atoms with E-state index in [1.165, 1.54) is 31.2 Å². The Bertz CT molecular complexity index is 500. The van der Waals surface area contributed by atoms with Gasteiger partial charge in [0, 0.05) is 19.5 Å². The topological polar surface area (TPSA) is 40.5 Å². The molecule has 3 heteroatoms. The summed E-state index contributed by atoms with van der Waals surface area (Å²) in [6.07, 6.45) is 6.17. The Morgan fingerprint density at radius 1 is 1.29 bits per heavy atom. The van der Waals surface area contributed by atoms with E-state index in [0.717, 1.165) is 26.1 Å². The molecule has 1 aromatic carbocycles. The van der Waals surface area contributed by atoms with Crippen LogP contribution in [-0.4, -0.2) is 35.6 Å². The highest BCUT2D eigenvalue weighted by atomic mass is 16.4. The largest absolute Gasteiger partial charge is 0.481 e. The number of benzene rings is 1. The number of rotatable bonds is 5. The lowest BCUT2D eigenvalue weighted by Gasteiger charge is -2.29. The summed E-state index contributed by atoms with van der Waals surface area (Å²) < 4.78 is 0. The molecule has 1 aliphatic carbocycles. The summed E-state index contributed by atoms with van der Waals surface area (Å²) in [5.74, 6) is 0.600. The molecule has 1 N–H and O–H groups in total. The first-order valence-corrected chi connectivity index (χ1v) is 8.24. The van der Waals surface area contributed by atoms with Crippen LogP contribution in [0.5, 0.6) is 0 Å². The predicted octanol–water partition coefficient (Wildman–Crippen LogP) is 3.29. The molecule has 114 valence electrons. The first kappa shape index (κ1) is 14.6. The normalized spacial score (nSPS) is 25.7. The summed E-state index contributed by atoms with van der Waals surface area (Å²) in [4.78, 5) is 13.2. The van der Waals surface area contributed by atoms with E-state index in [1.54, 1.807) is 5.56 Å². The summed E-state index contributed by atoms with van der Waals surface area (Å²) in [6, 6.07) is 8.90. The van der Waals surface area contributed by atoms with Crippen LogP contribution >= 0.6 is 0 Å². The number of aryl methyl sites for hydroxylation is 1. The summed E-state index contributed by atoms with van der Waals surface area (Å²) in [5, 5.41) is 8.80. The van der Waals surface area contributed by atoms with Gasteiger partial charge in [-0.3, -0.25) is 4.79 Å². The number of carboxylic acids is 1. The fourth-order valence-electron chi connectivity index (χ4n) is 4.00. The minimum atomic E-state index is -0.658. The maximum Gasteiger partial charge on any atom is 0.303 e. The van der Waals surface area contributed by atoms with E-state index in [0.29, 0.717) is 18.3 Å². The Morgan fingerprint density at radius 2 is 2.14 bits per heavy atom. The number of carboxylic acid groups (broad SMARTS) is 1. The fraction of sp³-hybridized carbons (Fsp3) is 0.611. The van der Waals surface area contributed by atoms with Crippen molar-refractivity contribution in [2.75, 3.05) is 19.6 Å². The van der Waals surface area contributed by atoms with Crippen LogP contribution in [0.1, 0.15) is 49.1 Å². The smallest absolute Gasteiger partial charge is 0.303 e. The SMILES string of the molecule is O=C(O)CCC1CCN(CC2CCCc3ccccc32)C1. The summed E-state index contributed by atoms with van der Waals surface area (Å²) in [7, 11) is 0. The van der Waals surface area contributed by atoms with Crippen LogP contribution in [-0.2, 0) is 11.2 Å². The summed E-state index contributed by atoms with van der Waals surface area (Å²) in [6.45, 7) is 3.38. The average molecular weight is 287 g/mol. The lowest BCUT2D eigenvalue weighted by Crippen LogP contribution is -2.28. The molecule has 0 spiro atoms. The van der Waals surface area contributed by atoms with E-state index in [-0.39, 0.29) is 0 Å². The van der Waals surface area contributed by atoms with Crippen molar-refractivity contribution < 1.29 is 9.90 Å². The predicted molar refractivity (Wildman–Crippen MR) is 83.5 cm³/mol. The van der Waals surface area contributed by atoms with Crippen LogP contribution in [0.25, 0.3) is 0 Å². The van der Waals surface area contributed by atoms with Gasteiger partial charge in [-0.05, 0) is 61.6 Å². The van der Waals surface area contributed by atoms with Crippen molar-refractivity contribution in [3.8, 4) is 0 Å². The highest BCUT2D eigenvalue weighted by molar-refractivity contribution is 5.66. The first-order valence-electron chi connectivity index (χ1n) is 8.24. The third-order valence-electron chi connectivity index (χ3n) is 5.11. The zero-order chi connectivity index (χ0) is 14.7. The molecule has 0 amide bonds. The molecule has 2 aliphatic rings. The van der Waals surface area contributed by atoms with Crippen LogP contribution in [0.4, 0.5) is 0 Å². The van der Waals surface area contributed by atoms with Crippen LogP contribution in [0.2, 0.25) is 0 Å². The lowest BCUT2D eigenvalue weighted by molar-refractivity contribution is -0.137. The molecule has 2 unspecified atom stereocenters. The van der Waals surface area contributed by atoms with Crippen molar-refractivity contribution in [3.05, 3.63) is 35.4 Å². The van der Waals surface area contributed by atoms with Gasteiger partial charge in [0.2, 0.25) is 0 Å². The van der Waals surface area contributed by atoms with Crippen molar-refractivity contribution in [1.29, 1.82) is 0 Å². The molecular formula is C18H25NO2. The van der Waals surface area contributed by atoms with E-state index < -0.39 is 5.97 Å². The molecule has 21 heavy (non-hydrogen) atoms. The number of aliphatic carboxylic acids is 1. The second-order valence-corrected chi connectivity index (χ2v) is 6.63. The van der Waals surface area contributed by atoms with Crippen molar-refractivity contribution in [3.63, 3.8) is 0 Å². The molecule has 1 heterocycles. The molecule has 0 saturated carbocycles. The van der Waals surface area contributed by atoms with Crippen molar-refractivity contribution in [1.82, 2.24) is 4.90 Å². The van der Waals surface area contributed by atoms with Crippen LogP contribution in [0.15, 0.2) is 24.3 Å². The number of fused-ring (bicyclic) bond motifs is 1. The van der Waals surface area contributed by atoms with Crippen LogP contribution in [0, 0.1) is 5.92 Å². The summed E-state index contributed by atoms with van der Waals surface area (Å²) in [5.41, 5.74) is 3.09. The maximum absolute atomic E-state index is 10.7. The second kappa shape index (κ2) is 6.61. The van der Waals surface area contributed by atoms with E-state index in [4.69, 9.17) is 5.11 Å². The third kappa shape index (κ3) is 3.65. The number of hydrogen-bond donors (Lipinski definition) is 1. The average Bonchev–Trinajstić information content (AvgIpc) is 2.93. The van der Waals surface area contributed by atoms with E-state index in [2.05, 4.69) is 29.2 Å². The molecule has 3 nitrogen and oxygen atoms in total. The minimum absolute atomic E-state index is 0.324. The zero-order valence-corrected chi connectivity index (χ0v) is 12.6. The fourth-order valence-corrected chi connectivity index (χ4v) is 4.00. The van der Waals surface area contributed by atoms with Gasteiger partial charge in [-0.2, -0.15) is 0 Å². The summed E-state index contributed by atoms with van der Waals surface area (Å²) >= 11 is 0. The van der Waals surface area contributed by atoms with Crippen LogP contribution < -0.4 is 0 Å². The lowest BCUT2D eigenvalue weighted by atomic mass is 9.82. The molecule has 2 atom stereocenters. The zero-order valence-electron chi connectivity index (χ0n) is 12.6. The Kier molecular flexibility index (Phi) is 4.59. The number of hydrogen-bond acceptors (Lipinski definition) is 2. The molecule has 0 radical (unpaired) electrons. The van der Waals surface area contributed by atoms with Gasteiger partial charge in [-0.1, -0.05) is 24.3 Å². The van der Waals surface area contributed by atoms with Gasteiger partial charge in [0.15, 0.2) is 0 Å². The first-order chi connectivity index (χ1) is 10.2. The molecular weight excluding hydrogens is 262 g/mol. The highest BCUT2D eigenvalue weighted by Gasteiger charge is 2.27. The molecule has 1 saturated heterocycles.